The van der Waals surface area contributed by atoms with Gasteiger partial charge in [-0.2, -0.15) is 0 Å². The third-order valence-corrected chi connectivity index (χ3v) is 1.49. The summed E-state index contributed by atoms with van der Waals surface area (Å²) < 4.78 is 0. The topological polar surface area (TPSA) is 63.8 Å². The normalized spacial score (nSPS) is 9.83. The van der Waals surface area contributed by atoms with E-state index in [1.54, 1.807) is 6.33 Å². The summed E-state index contributed by atoms with van der Waals surface area (Å²) in [6, 6.07) is 1.91. The highest BCUT2D eigenvalue weighted by molar-refractivity contribution is 5.33. The van der Waals surface area contributed by atoms with Crippen LogP contribution in [0.1, 0.15) is 12.1 Å². The summed E-state index contributed by atoms with van der Waals surface area (Å²) >= 11 is 0. The molecule has 1 aromatic rings. The van der Waals surface area contributed by atoms with Crippen LogP contribution in [0.3, 0.4) is 0 Å². The second-order valence-electron chi connectivity index (χ2n) is 2.61. The molecule has 0 unspecified atom stereocenters. The van der Waals surface area contributed by atoms with Crippen molar-refractivity contribution in [1.82, 2.24) is 9.97 Å². The Balaban J connectivity index is 2.41. The van der Waals surface area contributed by atoms with Gasteiger partial charge in [-0.25, -0.2) is 9.97 Å². The fraction of sp³-hybridized carbons (Fsp3) is 0.500. The van der Waals surface area contributed by atoms with Gasteiger partial charge in [0.15, 0.2) is 0 Å². The minimum Gasteiger partial charge on any atom is -0.370 e. The Morgan fingerprint density at radius 3 is 3.00 bits per heavy atom. The summed E-state index contributed by atoms with van der Waals surface area (Å²) in [6.07, 6.45) is 2.52. The zero-order chi connectivity index (χ0) is 8.81. The van der Waals surface area contributed by atoms with E-state index in [0.29, 0.717) is 6.54 Å². The van der Waals surface area contributed by atoms with Crippen LogP contribution in [-0.4, -0.2) is 23.1 Å². The smallest absolute Gasteiger partial charge is 0.129 e. The Bertz CT molecular complexity index is 236. The van der Waals surface area contributed by atoms with Gasteiger partial charge in [0.25, 0.3) is 0 Å². The Morgan fingerprint density at radius 1 is 1.50 bits per heavy atom. The van der Waals surface area contributed by atoms with Crippen molar-refractivity contribution < 1.29 is 0 Å². The molecule has 0 aromatic carbocycles. The molecule has 4 heteroatoms. The molecule has 66 valence electrons. The summed E-state index contributed by atoms with van der Waals surface area (Å²) in [6.45, 7) is 3.51. The maximum atomic E-state index is 5.35. The summed E-state index contributed by atoms with van der Waals surface area (Å²) in [5.41, 5.74) is 6.32. The average Bonchev–Trinajstić information content (AvgIpc) is 2.05. The van der Waals surface area contributed by atoms with Crippen LogP contribution in [0.4, 0.5) is 5.82 Å². The largest absolute Gasteiger partial charge is 0.370 e. The average molecular weight is 166 g/mol. The molecule has 1 rings (SSSR count). The Hall–Kier alpha value is -1.16. The molecule has 0 saturated carbocycles. The lowest BCUT2D eigenvalue weighted by molar-refractivity contribution is 0.868. The van der Waals surface area contributed by atoms with Gasteiger partial charge in [-0.3, -0.25) is 0 Å². The van der Waals surface area contributed by atoms with E-state index in [2.05, 4.69) is 15.3 Å². The number of aromatic nitrogens is 2. The van der Waals surface area contributed by atoms with Crippen molar-refractivity contribution in [3.05, 3.63) is 18.1 Å². The van der Waals surface area contributed by atoms with Crippen LogP contribution in [0.5, 0.6) is 0 Å². The van der Waals surface area contributed by atoms with Crippen LogP contribution in [0, 0.1) is 6.92 Å². The fourth-order valence-corrected chi connectivity index (χ4v) is 0.870. The standard InChI is InChI=1S/C8H14N4/c1-7-5-8(12-6-11-7)10-4-2-3-9/h5-6H,2-4,9H2,1H3,(H,10,11,12). The van der Waals surface area contributed by atoms with E-state index in [1.165, 1.54) is 0 Å². The molecule has 0 radical (unpaired) electrons. The van der Waals surface area contributed by atoms with Crippen molar-refractivity contribution in [2.24, 2.45) is 5.73 Å². The number of anilines is 1. The van der Waals surface area contributed by atoms with E-state index in [9.17, 15) is 0 Å². The summed E-state index contributed by atoms with van der Waals surface area (Å²) in [5.74, 6) is 0.871. The highest BCUT2D eigenvalue weighted by Gasteiger charge is 1.92. The molecule has 0 amide bonds. The van der Waals surface area contributed by atoms with Gasteiger partial charge in [-0.05, 0) is 19.9 Å². The number of nitrogens with one attached hydrogen (secondary N) is 1. The van der Waals surface area contributed by atoms with E-state index in [0.717, 1.165) is 24.5 Å². The predicted octanol–water partition coefficient (Wildman–Crippen LogP) is 0.546. The first-order valence-corrected chi connectivity index (χ1v) is 4.05. The first kappa shape index (κ1) is 8.93. The van der Waals surface area contributed by atoms with E-state index < -0.39 is 0 Å². The van der Waals surface area contributed by atoms with Gasteiger partial charge in [-0.1, -0.05) is 0 Å². The van der Waals surface area contributed by atoms with Gasteiger partial charge in [-0.15, -0.1) is 0 Å². The second-order valence-corrected chi connectivity index (χ2v) is 2.61. The van der Waals surface area contributed by atoms with Crippen LogP contribution >= 0.6 is 0 Å². The zero-order valence-corrected chi connectivity index (χ0v) is 7.25. The highest BCUT2D eigenvalue weighted by atomic mass is 15.0. The summed E-state index contributed by atoms with van der Waals surface area (Å²) in [7, 11) is 0. The molecular weight excluding hydrogens is 152 g/mol. The van der Waals surface area contributed by atoms with Crippen molar-refractivity contribution in [2.45, 2.75) is 13.3 Å². The molecule has 4 nitrogen and oxygen atoms in total. The van der Waals surface area contributed by atoms with E-state index >= 15 is 0 Å². The lowest BCUT2D eigenvalue weighted by Crippen LogP contribution is -2.09. The van der Waals surface area contributed by atoms with Crippen molar-refractivity contribution in [1.29, 1.82) is 0 Å². The maximum Gasteiger partial charge on any atom is 0.129 e. The van der Waals surface area contributed by atoms with Crippen LogP contribution < -0.4 is 11.1 Å². The number of aryl methyl sites for hydroxylation is 1. The minimum absolute atomic E-state index is 0.705. The molecule has 1 aromatic heterocycles. The molecule has 0 atom stereocenters. The third-order valence-electron chi connectivity index (χ3n) is 1.49. The number of rotatable bonds is 4. The molecule has 1 heterocycles. The van der Waals surface area contributed by atoms with Crippen molar-refractivity contribution in [3.63, 3.8) is 0 Å². The Kier molecular flexibility index (Phi) is 3.47. The lowest BCUT2D eigenvalue weighted by Gasteiger charge is -2.03. The van der Waals surface area contributed by atoms with Gasteiger partial charge >= 0.3 is 0 Å². The maximum absolute atomic E-state index is 5.35. The molecule has 0 saturated heterocycles. The van der Waals surface area contributed by atoms with Gasteiger partial charge in [0.2, 0.25) is 0 Å². The van der Waals surface area contributed by atoms with Gasteiger partial charge in [0.05, 0.1) is 0 Å². The van der Waals surface area contributed by atoms with Crippen molar-refractivity contribution in [3.8, 4) is 0 Å². The predicted molar refractivity (Wildman–Crippen MR) is 48.9 cm³/mol. The number of nitrogens with two attached hydrogens (primary N) is 1. The summed E-state index contributed by atoms with van der Waals surface area (Å²) in [4.78, 5) is 8.04. The minimum atomic E-state index is 0.705. The molecule has 0 aliphatic rings. The molecule has 0 aliphatic heterocycles. The molecule has 12 heavy (non-hydrogen) atoms. The van der Waals surface area contributed by atoms with Crippen LogP contribution in [0.2, 0.25) is 0 Å². The van der Waals surface area contributed by atoms with Gasteiger partial charge in [0, 0.05) is 18.3 Å². The summed E-state index contributed by atoms with van der Waals surface area (Å²) in [5, 5.41) is 3.16. The quantitative estimate of drug-likeness (QED) is 0.641. The van der Waals surface area contributed by atoms with Crippen molar-refractivity contribution in [2.75, 3.05) is 18.4 Å². The Morgan fingerprint density at radius 2 is 2.33 bits per heavy atom. The SMILES string of the molecule is Cc1cc(NCCCN)ncn1. The van der Waals surface area contributed by atoms with Crippen LogP contribution in [0.25, 0.3) is 0 Å². The first-order valence-electron chi connectivity index (χ1n) is 4.05. The van der Waals surface area contributed by atoms with E-state index in [1.807, 2.05) is 13.0 Å². The monoisotopic (exact) mass is 166 g/mol. The highest BCUT2D eigenvalue weighted by Crippen LogP contribution is 2.01. The van der Waals surface area contributed by atoms with Crippen LogP contribution in [0.15, 0.2) is 12.4 Å². The number of hydrogen-bond acceptors (Lipinski definition) is 4. The first-order chi connectivity index (χ1) is 5.83. The van der Waals surface area contributed by atoms with E-state index in [-0.39, 0.29) is 0 Å². The molecule has 0 bridgehead atoms. The zero-order valence-electron chi connectivity index (χ0n) is 7.25. The molecule has 0 spiro atoms. The second kappa shape index (κ2) is 4.66. The lowest BCUT2D eigenvalue weighted by atomic mass is 10.4. The number of nitrogens with zero attached hydrogens (tertiary/aromatic N) is 2. The fourth-order valence-electron chi connectivity index (χ4n) is 0.870. The van der Waals surface area contributed by atoms with Gasteiger partial charge in [0.1, 0.15) is 12.1 Å². The van der Waals surface area contributed by atoms with Crippen molar-refractivity contribution >= 4 is 5.82 Å². The van der Waals surface area contributed by atoms with Crippen LogP contribution in [-0.2, 0) is 0 Å². The molecule has 0 aliphatic carbocycles. The van der Waals surface area contributed by atoms with Gasteiger partial charge < -0.3 is 11.1 Å². The molecular formula is C8H14N4. The van der Waals surface area contributed by atoms with E-state index in [4.69, 9.17) is 5.73 Å². The molecule has 0 fully saturated rings. The number of hydrogen-bond donors (Lipinski definition) is 2. The molecule has 3 N–H and O–H groups in total. The third kappa shape index (κ3) is 2.84. The Labute approximate surface area is 72.2 Å².